The second-order valence-electron chi connectivity index (χ2n) is 11.2. The monoisotopic (exact) mass is 586 g/mol. The summed E-state index contributed by atoms with van der Waals surface area (Å²) in [6.07, 6.45) is 3.44. The summed E-state index contributed by atoms with van der Waals surface area (Å²) < 4.78 is 29.0. The molecule has 3 aromatic carbocycles. The first-order valence-corrected chi connectivity index (χ1v) is 15.8. The highest BCUT2D eigenvalue weighted by Crippen LogP contribution is 2.26. The van der Waals surface area contributed by atoms with Crippen LogP contribution in [0.5, 0.6) is 0 Å². The van der Waals surface area contributed by atoms with Crippen molar-refractivity contribution >= 4 is 38.6 Å². The molecule has 3 N–H and O–H groups in total. The van der Waals surface area contributed by atoms with E-state index in [9.17, 15) is 13.2 Å². The van der Waals surface area contributed by atoms with E-state index >= 15 is 0 Å². The van der Waals surface area contributed by atoms with Crippen LogP contribution in [0.4, 0.5) is 11.8 Å². The van der Waals surface area contributed by atoms with Gasteiger partial charge in [-0.2, -0.15) is 9.71 Å². The maximum atomic E-state index is 13.5. The summed E-state index contributed by atoms with van der Waals surface area (Å²) in [7, 11) is 0.0520. The Morgan fingerprint density at radius 1 is 0.881 bits per heavy atom. The number of anilines is 2. The number of carbonyl (C=O) groups is 1. The molecule has 1 heterocycles. The van der Waals surface area contributed by atoms with Crippen LogP contribution in [0.2, 0.25) is 0 Å². The average molecular weight is 587 g/mol. The number of aryl methyl sites for hydroxylation is 1. The van der Waals surface area contributed by atoms with Crippen LogP contribution in [-0.4, -0.2) is 56.5 Å². The maximum Gasteiger partial charge on any atom is 0.241 e. The number of aromatic nitrogens is 2. The summed E-state index contributed by atoms with van der Waals surface area (Å²) in [5.41, 5.74) is 2.73. The van der Waals surface area contributed by atoms with Gasteiger partial charge in [0.25, 0.3) is 0 Å². The third-order valence-electron chi connectivity index (χ3n) is 7.64. The molecule has 1 amide bonds. The first-order chi connectivity index (χ1) is 20.2. The molecule has 1 aliphatic carbocycles. The highest BCUT2D eigenvalue weighted by molar-refractivity contribution is 7.89. The predicted octanol–water partition coefficient (Wildman–Crippen LogP) is 4.43. The van der Waals surface area contributed by atoms with E-state index in [1.807, 2.05) is 80.5 Å². The van der Waals surface area contributed by atoms with Gasteiger partial charge in [-0.1, -0.05) is 60.2 Å². The minimum atomic E-state index is -3.89. The van der Waals surface area contributed by atoms with Crippen LogP contribution in [-0.2, 0) is 21.2 Å². The lowest BCUT2D eigenvalue weighted by molar-refractivity contribution is -0.123. The van der Waals surface area contributed by atoms with E-state index in [0.29, 0.717) is 5.95 Å². The fraction of sp³-hybridized carbons (Fsp3) is 0.344. The number of hydrogen-bond acceptors (Lipinski definition) is 7. The normalized spacial score (nSPS) is 17.9. The summed E-state index contributed by atoms with van der Waals surface area (Å²) in [5, 5.41) is 7.62. The SMILES string of the molecule is Cc1ccc(S(=O)(=O)N[C@@H](Cc2ccccc2)C(=O)N[C@H]2CC[C@@H](Nc3nc(N(C)C)c4ccccc4n3)CC2)cc1. The number of hydrogen-bond donors (Lipinski definition) is 3. The van der Waals surface area contributed by atoms with Crippen molar-refractivity contribution in [1.82, 2.24) is 20.0 Å². The van der Waals surface area contributed by atoms with Gasteiger partial charge in [0.15, 0.2) is 0 Å². The maximum absolute atomic E-state index is 13.5. The lowest BCUT2D eigenvalue weighted by atomic mass is 9.91. The smallest absolute Gasteiger partial charge is 0.241 e. The molecule has 1 aromatic heterocycles. The van der Waals surface area contributed by atoms with Gasteiger partial charge in [-0.15, -0.1) is 0 Å². The molecule has 5 rings (SSSR count). The Bertz CT molecular complexity index is 1620. The van der Waals surface area contributed by atoms with Crippen LogP contribution >= 0.6 is 0 Å². The lowest BCUT2D eigenvalue weighted by Gasteiger charge is -2.31. The van der Waals surface area contributed by atoms with Crippen LogP contribution in [0.25, 0.3) is 10.9 Å². The summed E-state index contributed by atoms with van der Waals surface area (Å²) in [6.45, 7) is 1.90. The van der Waals surface area contributed by atoms with Crippen LogP contribution in [0.1, 0.15) is 36.8 Å². The van der Waals surface area contributed by atoms with Crippen LogP contribution < -0.4 is 20.3 Å². The third-order valence-corrected chi connectivity index (χ3v) is 9.13. The van der Waals surface area contributed by atoms with Crippen molar-refractivity contribution in [2.75, 3.05) is 24.3 Å². The topological polar surface area (TPSA) is 116 Å². The lowest BCUT2D eigenvalue weighted by Crippen LogP contribution is -2.51. The molecule has 0 unspecified atom stereocenters. The number of rotatable bonds is 10. The van der Waals surface area contributed by atoms with Crippen molar-refractivity contribution in [3.05, 3.63) is 90.0 Å². The van der Waals surface area contributed by atoms with Crippen LogP contribution in [0, 0.1) is 6.92 Å². The average Bonchev–Trinajstić information content (AvgIpc) is 2.98. The van der Waals surface area contributed by atoms with Crippen LogP contribution in [0.3, 0.4) is 0 Å². The molecule has 220 valence electrons. The molecule has 9 nitrogen and oxygen atoms in total. The van der Waals surface area contributed by atoms with Gasteiger partial charge in [-0.25, -0.2) is 13.4 Å². The van der Waals surface area contributed by atoms with Gasteiger partial charge in [-0.3, -0.25) is 4.79 Å². The molecule has 0 spiro atoms. The van der Waals surface area contributed by atoms with E-state index in [4.69, 9.17) is 9.97 Å². The zero-order valence-corrected chi connectivity index (χ0v) is 25.1. The Morgan fingerprint density at radius 2 is 1.52 bits per heavy atom. The Labute approximate surface area is 247 Å². The molecule has 1 aliphatic rings. The van der Waals surface area contributed by atoms with E-state index < -0.39 is 16.1 Å². The number of nitrogens with one attached hydrogen (secondary N) is 3. The zero-order valence-electron chi connectivity index (χ0n) is 24.2. The highest BCUT2D eigenvalue weighted by Gasteiger charge is 2.29. The number of carbonyl (C=O) groups excluding carboxylic acids is 1. The van der Waals surface area contributed by atoms with Crippen molar-refractivity contribution in [1.29, 1.82) is 0 Å². The van der Waals surface area contributed by atoms with Gasteiger partial charge in [-0.05, 0) is 68.9 Å². The summed E-state index contributed by atoms with van der Waals surface area (Å²) >= 11 is 0. The van der Waals surface area contributed by atoms with Crippen molar-refractivity contribution in [2.24, 2.45) is 0 Å². The molecule has 1 fully saturated rings. The molecule has 1 atom stereocenters. The number of nitrogens with zero attached hydrogens (tertiary/aromatic N) is 3. The molecule has 42 heavy (non-hydrogen) atoms. The standard InChI is InChI=1S/C32H38N6O3S/c1-22-13-19-26(20-14-22)42(40,41)37-29(21-23-9-5-4-6-10-23)31(39)33-24-15-17-25(18-16-24)34-32-35-28-12-8-7-11-27(28)30(36-32)38(2)3/h4-14,19-20,24-25,29,37H,15-18,21H2,1-3H3,(H,33,39)(H,34,35,36)/t24-,25+,29-/m0/s1. The molecule has 1 saturated carbocycles. The molecule has 0 radical (unpaired) electrons. The fourth-order valence-corrected chi connectivity index (χ4v) is 6.54. The Morgan fingerprint density at radius 3 is 2.21 bits per heavy atom. The first-order valence-electron chi connectivity index (χ1n) is 14.3. The summed E-state index contributed by atoms with van der Waals surface area (Å²) in [6, 6.07) is 23.2. The molecular formula is C32H38N6O3S. The number of para-hydroxylation sites is 1. The minimum Gasteiger partial charge on any atom is -0.362 e. The van der Waals surface area contributed by atoms with Gasteiger partial charge >= 0.3 is 0 Å². The number of sulfonamides is 1. The minimum absolute atomic E-state index is 0.0486. The Kier molecular flexibility index (Phi) is 9.03. The molecule has 10 heteroatoms. The van der Waals surface area contributed by atoms with Crippen LogP contribution in [0.15, 0.2) is 83.8 Å². The molecule has 0 aliphatic heterocycles. The van der Waals surface area contributed by atoms with Gasteiger partial charge in [0.1, 0.15) is 11.9 Å². The van der Waals surface area contributed by atoms with Gasteiger partial charge in [0, 0.05) is 31.6 Å². The molecular weight excluding hydrogens is 548 g/mol. The zero-order chi connectivity index (χ0) is 29.7. The predicted molar refractivity (Wildman–Crippen MR) is 167 cm³/mol. The third kappa shape index (κ3) is 7.24. The van der Waals surface area contributed by atoms with Crippen molar-refractivity contribution in [2.45, 2.75) is 62.0 Å². The van der Waals surface area contributed by atoms with Gasteiger partial charge in [0.05, 0.1) is 10.4 Å². The van der Waals surface area contributed by atoms with Crippen molar-refractivity contribution < 1.29 is 13.2 Å². The fourth-order valence-electron chi connectivity index (χ4n) is 5.34. The number of benzene rings is 3. The van der Waals surface area contributed by atoms with Crippen molar-refractivity contribution in [3.63, 3.8) is 0 Å². The quantitative estimate of drug-likeness (QED) is 0.252. The molecule has 0 bridgehead atoms. The Hall–Kier alpha value is -4.02. The van der Waals surface area contributed by atoms with Gasteiger partial charge in [0.2, 0.25) is 21.9 Å². The Balaban J connectivity index is 1.23. The number of amides is 1. The van der Waals surface area contributed by atoms with E-state index in [2.05, 4.69) is 15.4 Å². The molecule has 0 saturated heterocycles. The molecule has 4 aromatic rings. The first kappa shape index (κ1) is 29.5. The van der Waals surface area contributed by atoms with Gasteiger partial charge < -0.3 is 15.5 Å². The highest BCUT2D eigenvalue weighted by atomic mass is 32.2. The second kappa shape index (κ2) is 12.9. The number of fused-ring (bicyclic) bond motifs is 1. The van der Waals surface area contributed by atoms with E-state index in [-0.39, 0.29) is 29.3 Å². The summed E-state index contributed by atoms with van der Waals surface area (Å²) in [5.74, 6) is 1.14. The summed E-state index contributed by atoms with van der Waals surface area (Å²) in [4.78, 5) is 25.1. The van der Waals surface area contributed by atoms with Crippen molar-refractivity contribution in [3.8, 4) is 0 Å². The van der Waals surface area contributed by atoms with E-state index in [1.165, 1.54) is 0 Å². The largest absolute Gasteiger partial charge is 0.362 e. The second-order valence-corrected chi connectivity index (χ2v) is 12.9. The van der Waals surface area contributed by atoms with E-state index in [1.54, 1.807) is 24.3 Å². The van der Waals surface area contributed by atoms with E-state index in [0.717, 1.165) is 53.5 Å².